The van der Waals surface area contributed by atoms with Crippen molar-refractivity contribution >= 4 is 53.1 Å². The third-order valence-corrected chi connectivity index (χ3v) is 11.0. The number of carbonyl (C=O) groups excluding carboxylic acids is 3. The maximum Gasteiger partial charge on any atom is 0.490 e. The molecule has 3 amide bonds. The highest BCUT2D eigenvalue weighted by molar-refractivity contribution is 7.66. The molecule has 0 spiro atoms. The topological polar surface area (TPSA) is 354 Å². The molecule has 6 atom stereocenters. The van der Waals surface area contributed by atoms with Gasteiger partial charge in [-0.3, -0.25) is 23.5 Å². The Morgan fingerprint density at radius 2 is 1.84 bits per heavy atom. The van der Waals surface area contributed by atoms with Crippen LogP contribution >= 0.6 is 23.5 Å². The molecular formula is C30H43N6O19P3. The van der Waals surface area contributed by atoms with E-state index in [1.807, 2.05) is 0 Å². The van der Waals surface area contributed by atoms with Crippen molar-refractivity contribution < 1.29 is 84.5 Å². The van der Waals surface area contributed by atoms with Gasteiger partial charge in [0.1, 0.15) is 37.1 Å². The van der Waals surface area contributed by atoms with Gasteiger partial charge >= 0.3 is 29.2 Å². The summed E-state index contributed by atoms with van der Waals surface area (Å²) in [6.45, 7) is 3.46. The van der Waals surface area contributed by atoms with Gasteiger partial charge in [0, 0.05) is 44.3 Å². The number of rotatable bonds is 24. The summed E-state index contributed by atoms with van der Waals surface area (Å²) >= 11 is 0. The molecular weight excluding hydrogens is 841 g/mol. The van der Waals surface area contributed by atoms with Gasteiger partial charge in [0.15, 0.2) is 6.29 Å². The summed E-state index contributed by atoms with van der Waals surface area (Å²) in [7, 11) is -15.5. The first kappa shape index (κ1) is 48.2. The Morgan fingerprint density at radius 1 is 1.10 bits per heavy atom. The molecule has 0 radical (unpaired) electrons. The number of phosphoric acid groups is 3. The first-order valence-electron chi connectivity index (χ1n) is 16.6. The smallest absolute Gasteiger partial charge is 0.488 e. The number of hydrogen-bond donors (Lipinski definition) is 8. The normalized spacial score (nSPS) is 19.4. The molecule has 9 N–H and O–H groups in total. The van der Waals surface area contributed by atoms with Gasteiger partial charge in [-0.05, 0) is 18.2 Å². The minimum Gasteiger partial charge on any atom is -0.488 e. The lowest BCUT2D eigenvalue weighted by molar-refractivity contribution is -0.162. The van der Waals surface area contributed by atoms with Crippen molar-refractivity contribution in [3.8, 4) is 5.75 Å². The minimum atomic E-state index is -5.75. The fourth-order valence-corrected chi connectivity index (χ4v) is 7.74. The molecule has 3 rings (SSSR count). The van der Waals surface area contributed by atoms with Gasteiger partial charge in [0.2, 0.25) is 11.8 Å². The highest BCUT2D eigenvalue weighted by Gasteiger charge is 2.43. The Balaban J connectivity index is 1.54. The second-order valence-corrected chi connectivity index (χ2v) is 16.0. The van der Waals surface area contributed by atoms with Crippen LogP contribution in [0.15, 0.2) is 54.0 Å². The summed E-state index contributed by atoms with van der Waals surface area (Å²) in [4.78, 5) is 88.9. The largest absolute Gasteiger partial charge is 0.490 e. The first-order valence-corrected chi connectivity index (χ1v) is 21.1. The molecule has 322 valence electrons. The van der Waals surface area contributed by atoms with Crippen molar-refractivity contribution in [1.82, 2.24) is 25.5 Å². The van der Waals surface area contributed by atoms with E-state index in [-0.39, 0.29) is 55.7 Å². The van der Waals surface area contributed by atoms with Crippen LogP contribution in [0.5, 0.6) is 5.75 Å². The summed E-state index contributed by atoms with van der Waals surface area (Å²) in [5, 5.41) is 7.58. The molecule has 28 heteroatoms. The predicted octanol–water partition coefficient (Wildman–Crippen LogP) is 0.0484. The standard InChI is InChI=1S/C30H43N6O19P3/c1-4-11-49-27(17-50-22-9-5-7-20(12-22)29(39)34-18-33-19(2)37)51-16-25(38)32-10-6-8-21-14-36(30(40)35-28(21)31)26-13-23(48-3)24(53-26)15-52-57(44,45)55-58(46,47)54-56(41,42)43/h4-9,12,14,23-24,26-27H,1,10-11,13,15-18H2,2-3H3,(H,32,38)(H,33,37)(H,34,39)(H,44,45)(H,46,47)(H2,31,35,40)(H2,41,42,43)/b8-6+/t23-,24?,26?,27?/m0/s1. The van der Waals surface area contributed by atoms with Gasteiger partial charge in [-0.2, -0.15) is 13.6 Å². The molecule has 1 aliphatic heterocycles. The number of nitrogens with zero attached hydrogens (tertiary/aromatic N) is 2. The van der Waals surface area contributed by atoms with Crippen LogP contribution in [-0.2, 0) is 55.4 Å². The highest BCUT2D eigenvalue weighted by Crippen LogP contribution is 2.66. The number of hydrogen-bond acceptors (Lipinski definition) is 17. The Morgan fingerprint density at radius 3 is 2.52 bits per heavy atom. The molecule has 0 saturated carbocycles. The molecule has 25 nitrogen and oxygen atoms in total. The molecule has 2 heterocycles. The molecule has 1 fully saturated rings. The number of carbonyl (C=O) groups is 3. The molecule has 1 aromatic carbocycles. The first-order chi connectivity index (χ1) is 27.2. The molecule has 0 aliphatic carbocycles. The Kier molecular flexibility index (Phi) is 18.5. The average Bonchev–Trinajstić information content (AvgIpc) is 3.54. The fraction of sp³-hybridized carbons (Fsp3) is 0.433. The SMILES string of the molecule is C=CCOC(COc1cccc(C(=O)NCNC(C)=O)c1)OCC(=O)NC/C=C/c1cn(C2C[C@H](OC)C(COP(=O)(O)OP(=O)(O)OP(=O)(O)O)O2)c(=O)nc1N. The number of nitrogens with one attached hydrogen (secondary N) is 3. The van der Waals surface area contributed by atoms with Gasteiger partial charge in [-0.25, -0.2) is 18.5 Å². The Labute approximate surface area is 329 Å². The zero-order valence-corrected chi connectivity index (χ0v) is 33.5. The van der Waals surface area contributed by atoms with Crippen molar-refractivity contribution in [3.63, 3.8) is 0 Å². The van der Waals surface area contributed by atoms with E-state index in [0.29, 0.717) is 5.75 Å². The van der Waals surface area contributed by atoms with Crippen LogP contribution in [0.1, 0.15) is 35.5 Å². The molecule has 1 aromatic heterocycles. The monoisotopic (exact) mass is 884 g/mol. The number of nitrogens with two attached hydrogens (primary N) is 1. The quantitative estimate of drug-likeness (QED) is 0.0392. The van der Waals surface area contributed by atoms with E-state index in [0.717, 1.165) is 4.57 Å². The van der Waals surface area contributed by atoms with E-state index in [1.165, 1.54) is 44.5 Å². The number of methoxy groups -OCH3 is 1. The maximum atomic E-state index is 12.7. The predicted molar refractivity (Wildman–Crippen MR) is 198 cm³/mol. The van der Waals surface area contributed by atoms with Crippen molar-refractivity contribution in [1.29, 1.82) is 0 Å². The second-order valence-electron chi connectivity index (χ2n) is 11.6. The highest BCUT2D eigenvalue weighted by atomic mass is 31.3. The van der Waals surface area contributed by atoms with E-state index in [1.54, 1.807) is 18.2 Å². The van der Waals surface area contributed by atoms with Crippen LogP contribution in [0, 0.1) is 0 Å². The van der Waals surface area contributed by atoms with Gasteiger partial charge in [0.25, 0.3) is 5.91 Å². The van der Waals surface area contributed by atoms with Crippen LogP contribution in [0.2, 0.25) is 0 Å². The van der Waals surface area contributed by atoms with E-state index < -0.39 is 78.9 Å². The van der Waals surface area contributed by atoms with Crippen LogP contribution in [0.25, 0.3) is 6.08 Å². The van der Waals surface area contributed by atoms with Crippen LogP contribution < -0.4 is 32.1 Å². The zero-order chi connectivity index (χ0) is 43.1. The van der Waals surface area contributed by atoms with Gasteiger partial charge in [-0.1, -0.05) is 24.3 Å². The van der Waals surface area contributed by atoms with Crippen molar-refractivity contribution in [3.05, 3.63) is 70.8 Å². The van der Waals surface area contributed by atoms with Gasteiger partial charge in [0.05, 0.1) is 26.0 Å². The van der Waals surface area contributed by atoms with Crippen molar-refractivity contribution in [2.24, 2.45) is 0 Å². The molecule has 1 aliphatic rings. The van der Waals surface area contributed by atoms with Crippen molar-refractivity contribution in [2.45, 2.75) is 38.1 Å². The number of anilines is 1. The van der Waals surface area contributed by atoms with E-state index in [9.17, 15) is 42.7 Å². The minimum absolute atomic E-state index is 0.0272. The number of phosphoric ester groups is 1. The van der Waals surface area contributed by atoms with Crippen LogP contribution in [0.4, 0.5) is 5.82 Å². The Bertz CT molecular complexity index is 1990. The zero-order valence-electron chi connectivity index (χ0n) is 30.8. The van der Waals surface area contributed by atoms with Crippen LogP contribution in [0.3, 0.4) is 0 Å². The fourth-order valence-electron chi connectivity index (χ4n) is 4.71. The number of ether oxygens (including phenoxy) is 5. The lowest BCUT2D eigenvalue weighted by Crippen LogP contribution is -2.36. The third-order valence-electron chi connectivity index (χ3n) is 7.21. The molecule has 58 heavy (non-hydrogen) atoms. The number of nitrogen functional groups attached to an aromatic ring is 1. The number of aromatic nitrogens is 2. The van der Waals surface area contributed by atoms with Gasteiger partial charge < -0.3 is 64.9 Å². The Hall–Kier alpha value is -4.16. The number of benzene rings is 1. The molecule has 5 unspecified atom stereocenters. The summed E-state index contributed by atoms with van der Waals surface area (Å²) in [6.07, 6.45) is 1.52. The van der Waals surface area contributed by atoms with Gasteiger partial charge in [-0.15, -0.1) is 6.58 Å². The third kappa shape index (κ3) is 17.0. The van der Waals surface area contributed by atoms with E-state index >= 15 is 0 Å². The molecule has 0 bridgehead atoms. The van der Waals surface area contributed by atoms with Crippen LogP contribution in [-0.4, -0.2) is 112 Å². The summed E-state index contributed by atoms with van der Waals surface area (Å²) in [5.41, 5.74) is 5.58. The van der Waals surface area contributed by atoms with Crippen molar-refractivity contribution in [2.75, 3.05) is 52.5 Å². The van der Waals surface area contributed by atoms with E-state index in [2.05, 4.69) is 40.7 Å². The maximum absolute atomic E-state index is 12.7. The summed E-state index contributed by atoms with van der Waals surface area (Å²) < 4.78 is 75.5. The average molecular weight is 885 g/mol. The number of amides is 3. The summed E-state index contributed by atoms with van der Waals surface area (Å²) in [5.74, 6) is -1.16. The lowest BCUT2D eigenvalue weighted by atomic mass is 10.2. The molecule has 1 saturated heterocycles. The summed E-state index contributed by atoms with van der Waals surface area (Å²) in [6, 6.07) is 6.21. The van der Waals surface area contributed by atoms with E-state index in [4.69, 9.17) is 39.2 Å². The second kappa shape index (κ2) is 22.3. The lowest BCUT2D eigenvalue weighted by Gasteiger charge is -2.20. The molecule has 2 aromatic rings.